The molecule has 1 aromatic carbocycles. The van der Waals surface area contributed by atoms with Crippen LogP contribution in [0.25, 0.3) is 0 Å². The fourth-order valence-electron chi connectivity index (χ4n) is 2.35. The van der Waals surface area contributed by atoms with Gasteiger partial charge in [-0.1, -0.05) is 6.07 Å². The second-order valence-corrected chi connectivity index (χ2v) is 7.16. The fraction of sp³-hybridized carbons (Fsp3) is 0.417. The van der Waals surface area contributed by atoms with Gasteiger partial charge in [0, 0.05) is 6.04 Å². The number of nitrogens with one attached hydrogen (secondary N) is 1. The third-order valence-electron chi connectivity index (χ3n) is 3.29. The molecule has 0 bridgehead atoms. The monoisotopic (exact) mass is 313 g/mol. The molecule has 8 nitrogen and oxygen atoms in total. The van der Waals surface area contributed by atoms with Crippen molar-refractivity contribution in [3.63, 3.8) is 0 Å². The van der Waals surface area contributed by atoms with E-state index in [2.05, 4.69) is 5.32 Å². The molecule has 0 aromatic heterocycles. The van der Waals surface area contributed by atoms with E-state index in [1.54, 1.807) is 0 Å². The molecule has 21 heavy (non-hydrogen) atoms. The Morgan fingerprint density at radius 1 is 1.43 bits per heavy atom. The molecule has 1 fully saturated rings. The minimum absolute atomic E-state index is 0.107. The van der Waals surface area contributed by atoms with Crippen molar-refractivity contribution >= 4 is 27.1 Å². The van der Waals surface area contributed by atoms with E-state index in [0.29, 0.717) is 12.8 Å². The van der Waals surface area contributed by atoms with Crippen LogP contribution in [0.2, 0.25) is 0 Å². The zero-order chi connectivity index (χ0) is 15.6. The number of nitro groups is 1. The zero-order valence-electron chi connectivity index (χ0n) is 11.1. The zero-order valence-corrected chi connectivity index (χ0v) is 11.9. The van der Waals surface area contributed by atoms with Gasteiger partial charge in [-0.3, -0.25) is 14.9 Å². The number of benzene rings is 1. The van der Waals surface area contributed by atoms with Gasteiger partial charge in [-0.15, -0.1) is 0 Å². The lowest BCUT2D eigenvalue weighted by Gasteiger charge is -2.23. The van der Waals surface area contributed by atoms with Gasteiger partial charge in [0.15, 0.2) is 9.84 Å². The largest absolute Gasteiger partial charge is 0.393 e. The Balaban J connectivity index is 2.22. The van der Waals surface area contributed by atoms with Crippen LogP contribution in [0.4, 0.5) is 11.4 Å². The summed E-state index contributed by atoms with van der Waals surface area (Å²) in [5.74, 6) is -0.719. The van der Waals surface area contributed by atoms with Gasteiger partial charge in [-0.2, -0.15) is 0 Å². The predicted molar refractivity (Wildman–Crippen MR) is 76.7 cm³/mol. The molecule has 0 radical (unpaired) electrons. The van der Waals surface area contributed by atoms with Crippen molar-refractivity contribution < 1.29 is 18.1 Å². The van der Waals surface area contributed by atoms with Crippen LogP contribution in [0, 0.1) is 10.1 Å². The van der Waals surface area contributed by atoms with Crippen LogP contribution in [-0.2, 0) is 9.84 Å². The standard InChI is InChI=1S/C12H15N3O5S/c13-10-5-1-4-9(11(10)15(17)18)12(16)14-8-3-2-6-21(19,20)7-8/h1,4-5,8H,2-3,6-7,13H2,(H,14,16). The Hall–Kier alpha value is -2.16. The average Bonchev–Trinajstić information content (AvgIpc) is 2.36. The summed E-state index contributed by atoms with van der Waals surface area (Å²) < 4.78 is 23.1. The van der Waals surface area contributed by atoms with Crippen LogP contribution in [0.15, 0.2) is 18.2 Å². The quantitative estimate of drug-likeness (QED) is 0.474. The predicted octanol–water partition coefficient (Wildman–Crippen LogP) is 0.484. The number of hydrogen-bond acceptors (Lipinski definition) is 6. The second-order valence-electron chi connectivity index (χ2n) is 4.93. The van der Waals surface area contributed by atoms with Gasteiger partial charge in [0.25, 0.3) is 5.91 Å². The maximum Gasteiger partial charge on any atom is 0.304 e. The highest BCUT2D eigenvalue weighted by atomic mass is 32.2. The summed E-state index contributed by atoms with van der Waals surface area (Å²) in [7, 11) is -3.17. The molecule has 3 N–H and O–H groups in total. The van der Waals surface area contributed by atoms with Gasteiger partial charge >= 0.3 is 5.69 Å². The molecule has 2 rings (SSSR count). The molecule has 9 heteroatoms. The Morgan fingerprint density at radius 3 is 2.76 bits per heavy atom. The number of nitrogen functional groups attached to an aromatic ring is 1. The van der Waals surface area contributed by atoms with Gasteiger partial charge < -0.3 is 11.1 Å². The van der Waals surface area contributed by atoms with E-state index < -0.39 is 32.4 Å². The number of sulfone groups is 1. The van der Waals surface area contributed by atoms with Crippen LogP contribution in [-0.4, -0.2) is 36.8 Å². The highest BCUT2D eigenvalue weighted by Crippen LogP contribution is 2.26. The van der Waals surface area contributed by atoms with Crippen LogP contribution < -0.4 is 11.1 Å². The Labute approximate surface area is 121 Å². The molecule has 1 aromatic rings. The first-order chi connectivity index (χ1) is 9.80. The van der Waals surface area contributed by atoms with Crippen LogP contribution >= 0.6 is 0 Å². The third kappa shape index (κ3) is 3.48. The van der Waals surface area contributed by atoms with Crippen LogP contribution in [0.3, 0.4) is 0 Å². The van der Waals surface area contributed by atoms with Gasteiger partial charge in [0.1, 0.15) is 11.3 Å². The second kappa shape index (κ2) is 5.68. The molecule has 1 atom stereocenters. The topological polar surface area (TPSA) is 132 Å². The lowest BCUT2D eigenvalue weighted by atomic mass is 10.1. The summed E-state index contributed by atoms with van der Waals surface area (Å²) in [5.41, 5.74) is 4.78. The maximum atomic E-state index is 12.1. The van der Waals surface area contributed by atoms with Crippen molar-refractivity contribution in [2.75, 3.05) is 17.2 Å². The number of nitrogens with zero attached hydrogens (tertiary/aromatic N) is 1. The fourth-order valence-corrected chi connectivity index (χ4v) is 3.98. The third-order valence-corrected chi connectivity index (χ3v) is 5.11. The molecule has 1 amide bonds. The molecule has 1 saturated heterocycles. The molecule has 114 valence electrons. The molecule has 0 aliphatic carbocycles. The van der Waals surface area contributed by atoms with E-state index in [-0.39, 0.29) is 22.8 Å². The summed E-state index contributed by atoms with van der Waals surface area (Å²) in [6, 6.07) is 3.54. The van der Waals surface area contributed by atoms with Crippen LogP contribution in [0.1, 0.15) is 23.2 Å². The number of carbonyl (C=O) groups excluding carboxylic acids is 1. The van der Waals surface area contributed by atoms with Crippen LogP contribution in [0.5, 0.6) is 0 Å². The van der Waals surface area contributed by atoms with Gasteiger partial charge in [0.05, 0.1) is 16.4 Å². The molecule has 1 unspecified atom stereocenters. The molecular weight excluding hydrogens is 298 g/mol. The first-order valence-corrected chi connectivity index (χ1v) is 8.16. The van der Waals surface area contributed by atoms with E-state index in [9.17, 15) is 23.3 Å². The Kier molecular flexibility index (Phi) is 4.12. The highest BCUT2D eigenvalue weighted by molar-refractivity contribution is 7.91. The number of nitrogens with two attached hydrogens (primary N) is 1. The normalized spacial score (nSPS) is 20.7. The van der Waals surface area contributed by atoms with Crippen molar-refractivity contribution in [3.8, 4) is 0 Å². The van der Waals surface area contributed by atoms with Gasteiger partial charge in [-0.25, -0.2) is 8.42 Å². The molecular formula is C12H15N3O5S. The van der Waals surface area contributed by atoms with E-state index >= 15 is 0 Å². The molecule has 1 aliphatic rings. The molecule has 1 aliphatic heterocycles. The molecule has 0 saturated carbocycles. The molecule has 1 heterocycles. The van der Waals surface area contributed by atoms with Gasteiger partial charge in [-0.05, 0) is 25.0 Å². The highest BCUT2D eigenvalue weighted by Gasteiger charge is 2.29. The van der Waals surface area contributed by atoms with Gasteiger partial charge in [0.2, 0.25) is 0 Å². The minimum atomic E-state index is -3.17. The van der Waals surface area contributed by atoms with Crippen molar-refractivity contribution in [3.05, 3.63) is 33.9 Å². The molecule has 0 spiro atoms. The van der Waals surface area contributed by atoms with Crippen molar-refractivity contribution in [1.82, 2.24) is 5.32 Å². The number of carbonyl (C=O) groups is 1. The SMILES string of the molecule is Nc1cccc(C(=O)NC2CCCS(=O)(=O)C2)c1[N+](=O)[O-]. The Morgan fingerprint density at radius 2 is 2.14 bits per heavy atom. The lowest BCUT2D eigenvalue weighted by molar-refractivity contribution is -0.384. The van der Waals surface area contributed by atoms with Crippen molar-refractivity contribution in [2.24, 2.45) is 0 Å². The lowest BCUT2D eigenvalue weighted by Crippen LogP contribution is -2.43. The number of para-hydroxylation sites is 1. The van der Waals surface area contributed by atoms with E-state index in [1.807, 2.05) is 0 Å². The average molecular weight is 313 g/mol. The number of nitro benzene ring substituents is 1. The summed E-state index contributed by atoms with van der Waals surface area (Å²) in [4.78, 5) is 22.4. The summed E-state index contributed by atoms with van der Waals surface area (Å²) in [6.45, 7) is 0. The number of rotatable bonds is 3. The van der Waals surface area contributed by atoms with Crippen molar-refractivity contribution in [2.45, 2.75) is 18.9 Å². The minimum Gasteiger partial charge on any atom is -0.393 e. The van der Waals surface area contributed by atoms with E-state index in [4.69, 9.17) is 5.73 Å². The van der Waals surface area contributed by atoms with Crippen molar-refractivity contribution in [1.29, 1.82) is 0 Å². The summed E-state index contributed by atoms with van der Waals surface area (Å²) >= 11 is 0. The summed E-state index contributed by atoms with van der Waals surface area (Å²) in [6.07, 6.45) is 0.993. The Bertz CT molecular complexity index is 686. The first kappa shape index (κ1) is 15.2. The number of anilines is 1. The van der Waals surface area contributed by atoms with E-state index in [1.165, 1.54) is 18.2 Å². The first-order valence-electron chi connectivity index (χ1n) is 6.34. The summed E-state index contributed by atoms with van der Waals surface area (Å²) in [5, 5.41) is 13.5. The van der Waals surface area contributed by atoms with E-state index in [0.717, 1.165) is 0 Å². The number of hydrogen-bond donors (Lipinski definition) is 2. The number of amides is 1. The smallest absolute Gasteiger partial charge is 0.304 e. The maximum absolute atomic E-state index is 12.1.